The lowest BCUT2D eigenvalue weighted by Crippen LogP contribution is -1.96. The summed E-state index contributed by atoms with van der Waals surface area (Å²) in [5.74, 6) is -0.270. The SMILES string of the molecule is COC(=O)CC=Cc1ccc(Cl)c(N)c1. The Morgan fingerprint density at radius 3 is 2.93 bits per heavy atom. The van der Waals surface area contributed by atoms with Gasteiger partial charge in [-0.25, -0.2) is 0 Å². The topological polar surface area (TPSA) is 52.3 Å². The average Bonchev–Trinajstić information content (AvgIpc) is 2.23. The number of halogens is 1. The number of methoxy groups -OCH3 is 1. The van der Waals surface area contributed by atoms with E-state index in [1.54, 1.807) is 24.3 Å². The minimum atomic E-state index is -0.270. The van der Waals surface area contributed by atoms with E-state index in [9.17, 15) is 4.79 Å². The minimum Gasteiger partial charge on any atom is -0.469 e. The standard InChI is InChI=1S/C11H12ClNO2/c1-15-11(14)4-2-3-8-5-6-9(12)10(13)7-8/h2-3,5-7H,4,13H2,1H3. The molecular weight excluding hydrogens is 214 g/mol. The van der Waals surface area contributed by atoms with E-state index in [2.05, 4.69) is 4.74 Å². The molecular formula is C11H12ClNO2. The van der Waals surface area contributed by atoms with Crippen LogP contribution in [-0.4, -0.2) is 13.1 Å². The molecule has 0 spiro atoms. The quantitative estimate of drug-likeness (QED) is 0.635. The summed E-state index contributed by atoms with van der Waals surface area (Å²) in [5.41, 5.74) is 7.05. The molecule has 0 heterocycles. The molecule has 0 saturated carbocycles. The second-order valence-electron chi connectivity index (χ2n) is 2.96. The largest absolute Gasteiger partial charge is 0.469 e. The van der Waals surface area contributed by atoms with Gasteiger partial charge in [0.2, 0.25) is 0 Å². The van der Waals surface area contributed by atoms with Crippen molar-refractivity contribution < 1.29 is 9.53 Å². The number of carbonyl (C=O) groups excluding carboxylic acids is 1. The zero-order valence-electron chi connectivity index (χ0n) is 8.37. The van der Waals surface area contributed by atoms with E-state index in [0.717, 1.165) is 5.56 Å². The summed E-state index contributed by atoms with van der Waals surface area (Å²) in [4.78, 5) is 10.8. The summed E-state index contributed by atoms with van der Waals surface area (Å²) in [6, 6.07) is 5.29. The van der Waals surface area contributed by atoms with Gasteiger partial charge in [-0.05, 0) is 17.7 Å². The van der Waals surface area contributed by atoms with E-state index in [-0.39, 0.29) is 12.4 Å². The Hall–Kier alpha value is -1.48. The molecule has 3 nitrogen and oxygen atoms in total. The molecule has 1 aromatic carbocycles. The highest BCUT2D eigenvalue weighted by Crippen LogP contribution is 2.20. The first-order valence-corrected chi connectivity index (χ1v) is 4.79. The predicted octanol–water partition coefficient (Wildman–Crippen LogP) is 2.50. The molecule has 1 aromatic rings. The second kappa shape index (κ2) is 5.41. The van der Waals surface area contributed by atoms with Crippen LogP contribution in [0.25, 0.3) is 6.08 Å². The van der Waals surface area contributed by atoms with Crippen molar-refractivity contribution in [3.05, 3.63) is 34.9 Å². The van der Waals surface area contributed by atoms with Crippen LogP contribution in [0.1, 0.15) is 12.0 Å². The molecule has 15 heavy (non-hydrogen) atoms. The lowest BCUT2D eigenvalue weighted by Gasteiger charge is -1.99. The average molecular weight is 226 g/mol. The Morgan fingerprint density at radius 1 is 1.60 bits per heavy atom. The van der Waals surface area contributed by atoms with E-state index in [1.807, 2.05) is 6.07 Å². The number of rotatable bonds is 3. The molecule has 2 N–H and O–H groups in total. The summed E-state index contributed by atoms with van der Waals surface area (Å²) in [6.07, 6.45) is 3.76. The van der Waals surface area contributed by atoms with Crippen molar-refractivity contribution in [2.24, 2.45) is 0 Å². The molecule has 0 atom stereocenters. The van der Waals surface area contributed by atoms with Crippen molar-refractivity contribution in [2.75, 3.05) is 12.8 Å². The van der Waals surface area contributed by atoms with Crippen LogP contribution in [0, 0.1) is 0 Å². The van der Waals surface area contributed by atoms with Crippen molar-refractivity contribution in [3.63, 3.8) is 0 Å². The number of ether oxygens (including phenoxy) is 1. The van der Waals surface area contributed by atoms with Crippen LogP contribution in [0.3, 0.4) is 0 Å². The van der Waals surface area contributed by atoms with E-state index in [0.29, 0.717) is 10.7 Å². The van der Waals surface area contributed by atoms with Gasteiger partial charge in [0.1, 0.15) is 0 Å². The maximum absolute atomic E-state index is 10.8. The molecule has 4 heteroatoms. The van der Waals surface area contributed by atoms with Gasteiger partial charge in [-0.3, -0.25) is 4.79 Å². The zero-order valence-corrected chi connectivity index (χ0v) is 9.12. The van der Waals surface area contributed by atoms with Crippen LogP contribution in [0.2, 0.25) is 5.02 Å². The number of carbonyl (C=O) groups is 1. The Labute approximate surface area is 93.5 Å². The number of benzene rings is 1. The monoisotopic (exact) mass is 225 g/mol. The summed E-state index contributed by atoms with van der Waals surface area (Å²) < 4.78 is 4.50. The van der Waals surface area contributed by atoms with Gasteiger partial charge in [0.15, 0.2) is 0 Å². The second-order valence-corrected chi connectivity index (χ2v) is 3.37. The van der Waals surface area contributed by atoms with Gasteiger partial charge < -0.3 is 10.5 Å². The lowest BCUT2D eigenvalue weighted by molar-refractivity contribution is -0.139. The molecule has 0 unspecified atom stereocenters. The fourth-order valence-corrected chi connectivity index (χ4v) is 1.16. The molecule has 0 saturated heterocycles. The van der Waals surface area contributed by atoms with Crippen LogP contribution in [-0.2, 0) is 9.53 Å². The zero-order chi connectivity index (χ0) is 11.3. The number of esters is 1. The molecule has 80 valence electrons. The maximum Gasteiger partial charge on any atom is 0.309 e. The third-order valence-corrected chi connectivity index (χ3v) is 2.19. The van der Waals surface area contributed by atoms with Crippen molar-refractivity contribution in [3.8, 4) is 0 Å². The third-order valence-electron chi connectivity index (χ3n) is 1.84. The molecule has 0 radical (unpaired) electrons. The first-order chi connectivity index (χ1) is 7.13. The lowest BCUT2D eigenvalue weighted by atomic mass is 10.2. The minimum absolute atomic E-state index is 0.249. The number of anilines is 1. The molecule has 0 amide bonds. The van der Waals surface area contributed by atoms with Gasteiger partial charge in [0.25, 0.3) is 0 Å². The normalized spacial score (nSPS) is 10.5. The van der Waals surface area contributed by atoms with E-state index < -0.39 is 0 Å². The Kier molecular flexibility index (Phi) is 4.18. The fourth-order valence-electron chi connectivity index (χ4n) is 1.04. The fraction of sp³-hybridized carbons (Fsp3) is 0.182. The highest BCUT2D eigenvalue weighted by molar-refractivity contribution is 6.33. The van der Waals surface area contributed by atoms with Crippen LogP contribution in [0.5, 0.6) is 0 Å². The van der Waals surface area contributed by atoms with Crippen LogP contribution in [0.15, 0.2) is 24.3 Å². The first kappa shape index (κ1) is 11.6. The van der Waals surface area contributed by atoms with Crippen LogP contribution in [0.4, 0.5) is 5.69 Å². The molecule has 0 aliphatic carbocycles. The van der Waals surface area contributed by atoms with E-state index in [4.69, 9.17) is 17.3 Å². The number of hydrogen-bond acceptors (Lipinski definition) is 3. The van der Waals surface area contributed by atoms with Gasteiger partial charge in [0.05, 0.1) is 24.2 Å². The molecule has 1 rings (SSSR count). The predicted molar refractivity (Wildman–Crippen MR) is 61.5 cm³/mol. The smallest absolute Gasteiger partial charge is 0.309 e. The van der Waals surface area contributed by atoms with Crippen LogP contribution >= 0.6 is 11.6 Å². The molecule has 0 bridgehead atoms. The summed E-state index contributed by atoms with van der Waals surface area (Å²) >= 11 is 5.76. The highest BCUT2D eigenvalue weighted by Gasteiger charge is 1.97. The van der Waals surface area contributed by atoms with Crippen LogP contribution < -0.4 is 5.73 Å². The van der Waals surface area contributed by atoms with Crippen molar-refractivity contribution >= 4 is 29.3 Å². The summed E-state index contributed by atoms with van der Waals surface area (Å²) in [6.45, 7) is 0. The van der Waals surface area contributed by atoms with E-state index in [1.165, 1.54) is 7.11 Å². The summed E-state index contributed by atoms with van der Waals surface area (Å²) in [7, 11) is 1.36. The molecule has 0 aliphatic heterocycles. The number of nitrogen functional groups attached to an aromatic ring is 1. The Morgan fingerprint density at radius 2 is 2.33 bits per heavy atom. The highest BCUT2D eigenvalue weighted by atomic mass is 35.5. The Bertz CT molecular complexity index is 388. The van der Waals surface area contributed by atoms with Gasteiger partial charge in [-0.2, -0.15) is 0 Å². The first-order valence-electron chi connectivity index (χ1n) is 4.42. The molecule has 0 fully saturated rings. The van der Waals surface area contributed by atoms with Gasteiger partial charge in [-0.1, -0.05) is 29.8 Å². The molecule has 0 aliphatic rings. The van der Waals surface area contributed by atoms with Crippen molar-refractivity contribution in [1.29, 1.82) is 0 Å². The van der Waals surface area contributed by atoms with Crippen molar-refractivity contribution in [2.45, 2.75) is 6.42 Å². The third kappa shape index (κ3) is 3.64. The molecule has 0 aromatic heterocycles. The van der Waals surface area contributed by atoms with Gasteiger partial charge in [-0.15, -0.1) is 0 Å². The summed E-state index contributed by atoms with van der Waals surface area (Å²) in [5, 5.41) is 0.528. The van der Waals surface area contributed by atoms with Gasteiger partial charge >= 0.3 is 5.97 Å². The Balaban J connectivity index is 2.65. The van der Waals surface area contributed by atoms with Gasteiger partial charge in [0, 0.05) is 0 Å². The number of nitrogens with two attached hydrogens (primary N) is 1. The van der Waals surface area contributed by atoms with E-state index >= 15 is 0 Å². The van der Waals surface area contributed by atoms with Crippen molar-refractivity contribution in [1.82, 2.24) is 0 Å². The maximum atomic E-state index is 10.8. The number of hydrogen-bond donors (Lipinski definition) is 1.